The molecule has 7 nitrogen and oxygen atoms in total. The molecule has 3 rings (SSSR count). The first-order valence-corrected chi connectivity index (χ1v) is 7.25. The molecule has 2 heterocycles. The number of methoxy groups -OCH3 is 1. The topological polar surface area (TPSA) is 96.9 Å². The van der Waals surface area contributed by atoms with Crippen molar-refractivity contribution in [2.75, 3.05) is 18.7 Å². The second kappa shape index (κ2) is 4.98. The summed E-state index contributed by atoms with van der Waals surface area (Å²) in [5.74, 6) is 8.51. The van der Waals surface area contributed by atoms with E-state index in [1.54, 1.807) is 11.8 Å². The predicted molar refractivity (Wildman–Crippen MR) is 81.5 cm³/mol. The van der Waals surface area contributed by atoms with E-state index in [2.05, 4.69) is 5.10 Å². The van der Waals surface area contributed by atoms with Crippen molar-refractivity contribution in [2.24, 2.45) is 7.05 Å². The van der Waals surface area contributed by atoms with Crippen molar-refractivity contribution in [1.29, 1.82) is 0 Å². The highest BCUT2D eigenvalue weighted by Crippen LogP contribution is 2.39. The molecule has 0 amide bonds. The number of rotatable bonds is 3. The molecule has 0 atom stereocenters. The first-order valence-electron chi connectivity index (χ1n) is 7.25. The molecule has 114 valence electrons. The van der Waals surface area contributed by atoms with Crippen molar-refractivity contribution in [3.05, 3.63) is 11.5 Å². The Labute approximate surface area is 123 Å². The highest BCUT2D eigenvalue weighted by molar-refractivity contribution is 5.77. The molecule has 0 radical (unpaired) electrons. The fourth-order valence-electron chi connectivity index (χ4n) is 3.26. The highest BCUT2D eigenvalue weighted by atomic mass is 16.5. The molecule has 0 aliphatic heterocycles. The molecule has 1 aliphatic carbocycles. The summed E-state index contributed by atoms with van der Waals surface area (Å²) in [4.78, 5) is 4.72. The minimum atomic E-state index is 0.397. The fraction of sp³-hybridized carbons (Fsp3) is 0.571. The van der Waals surface area contributed by atoms with Gasteiger partial charge in [0, 0.05) is 13.0 Å². The molecule has 0 unspecified atom stereocenters. The van der Waals surface area contributed by atoms with E-state index < -0.39 is 0 Å². The number of nitrogen functional groups attached to an aromatic ring is 2. The van der Waals surface area contributed by atoms with Gasteiger partial charge in [0.15, 0.2) is 5.82 Å². The third-order valence-corrected chi connectivity index (χ3v) is 4.30. The van der Waals surface area contributed by atoms with Crippen LogP contribution in [0.15, 0.2) is 0 Å². The first-order chi connectivity index (χ1) is 10.0. The summed E-state index contributed by atoms with van der Waals surface area (Å²) in [6, 6.07) is 0. The molecule has 1 aliphatic rings. The monoisotopic (exact) mass is 290 g/mol. The average molecular weight is 290 g/mol. The van der Waals surface area contributed by atoms with Crippen molar-refractivity contribution in [3.63, 3.8) is 0 Å². The average Bonchev–Trinajstić information content (AvgIpc) is 3.12. The third kappa shape index (κ3) is 2.03. The van der Waals surface area contributed by atoms with E-state index in [-0.39, 0.29) is 0 Å². The summed E-state index contributed by atoms with van der Waals surface area (Å²) in [5, 5.41) is 4.38. The second-order valence-corrected chi connectivity index (χ2v) is 5.65. The number of nitrogens with two attached hydrogens (primary N) is 2. The van der Waals surface area contributed by atoms with E-state index in [1.165, 1.54) is 17.5 Å². The summed E-state index contributed by atoms with van der Waals surface area (Å²) >= 11 is 0. The quantitative estimate of drug-likeness (QED) is 0.836. The third-order valence-electron chi connectivity index (χ3n) is 4.30. The van der Waals surface area contributed by atoms with Gasteiger partial charge in [0.05, 0.1) is 18.4 Å². The Balaban J connectivity index is 2.13. The van der Waals surface area contributed by atoms with Crippen molar-refractivity contribution >= 4 is 5.82 Å². The lowest BCUT2D eigenvalue weighted by Crippen LogP contribution is -2.17. The van der Waals surface area contributed by atoms with E-state index in [9.17, 15) is 0 Å². The number of imidazole rings is 1. The van der Waals surface area contributed by atoms with Gasteiger partial charge in [-0.1, -0.05) is 12.8 Å². The zero-order valence-electron chi connectivity index (χ0n) is 12.8. The maximum atomic E-state index is 6.19. The second-order valence-electron chi connectivity index (χ2n) is 5.65. The Morgan fingerprint density at radius 2 is 1.95 bits per heavy atom. The molecular weight excluding hydrogens is 268 g/mol. The highest BCUT2D eigenvalue weighted by Gasteiger charge is 2.28. The summed E-state index contributed by atoms with van der Waals surface area (Å²) in [6.07, 6.45) is 4.69. The Hall–Kier alpha value is -2.18. The molecule has 0 spiro atoms. The largest absolute Gasteiger partial charge is 0.481 e. The van der Waals surface area contributed by atoms with E-state index in [4.69, 9.17) is 21.3 Å². The van der Waals surface area contributed by atoms with Crippen LogP contribution in [0, 0.1) is 6.92 Å². The summed E-state index contributed by atoms with van der Waals surface area (Å²) in [7, 11) is 3.45. The number of aromatic nitrogens is 4. The molecule has 0 bridgehead atoms. The van der Waals surface area contributed by atoms with Gasteiger partial charge in [0.2, 0.25) is 5.88 Å². The van der Waals surface area contributed by atoms with Crippen molar-refractivity contribution < 1.29 is 4.74 Å². The standard InChI is InChI=1S/C14H22N6O/c1-8-10(14(21-3)19(2)18-8)11-12(15)20(16)13(17-11)9-6-4-5-7-9/h9H,4-7,15-16H2,1-3H3. The fourth-order valence-corrected chi connectivity index (χ4v) is 3.26. The van der Waals surface area contributed by atoms with Gasteiger partial charge in [-0.2, -0.15) is 5.10 Å². The van der Waals surface area contributed by atoms with Crippen LogP contribution in [0.1, 0.15) is 43.1 Å². The lowest BCUT2D eigenvalue weighted by atomic mass is 10.1. The number of hydrogen-bond donors (Lipinski definition) is 2. The maximum Gasteiger partial charge on any atom is 0.221 e. The van der Waals surface area contributed by atoms with Crippen molar-refractivity contribution in [2.45, 2.75) is 38.5 Å². The van der Waals surface area contributed by atoms with Crippen LogP contribution in [-0.4, -0.2) is 26.6 Å². The summed E-state index contributed by atoms with van der Waals surface area (Å²) in [5.41, 5.74) is 8.51. The van der Waals surface area contributed by atoms with Crippen molar-refractivity contribution in [3.8, 4) is 17.1 Å². The van der Waals surface area contributed by atoms with Crippen LogP contribution in [0.2, 0.25) is 0 Å². The minimum absolute atomic E-state index is 0.397. The van der Waals surface area contributed by atoms with E-state index in [0.717, 1.165) is 29.9 Å². The molecule has 2 aromatic heterocycles. The van der Waals surface area contributed by atoms with Gasteiger partial charge in [-0.15, -0.1) is 0 Å². The lowest BCUT2D eigenvalue weighted by molar-refractivity contribution is 0.374. The van der Waals surface area contributed by atoms with E-state index >= 15 is 0 Å². The Bertz CT molecular complexity index is 666. The number of anilines is 1. The molecule has 0 aromatic carbocycles. The zero-order chi connectivity index (χ0) is 15.1. The molecule has 2 aromatic rings. The lowest BCUT2D eigenvalue weighted by Gasteiger charge is -2.08. The van der Waals surface area contributed by atoms with Crippen LogP contribution in [0.3, 0.4) is 0 Å². The zero-order valence-corrected chi connectivity index (χ0v) is 12.8. The Morgan fingerprint density at radius 3 is 2.57 bits per heavy atom. The molecule has 7 heteroatoms. The van der Waals surface area contributed by atoms with Crippen LogP contribution in [0.5, 0.6) is 5.88 Å². The molecule has 1 fully saturated rings. The van der Waals surface area contributed by atoms with Gasteiger partial charge in [0.25, 0.3) is 0 Å². The van der Waals surface area contributed by atoms with Gasteiger partial charge >= 0.3 is 0 Å². The van der Waals surface area contributed by atoms with Crippen LogP contribution in [0.4, 0.5) is 5.82 Å². The van der Waals surface area contributed by atoms with Gasteiger partial charge < -0.3 is 16.3 Å². The maximum absolute atomic E-state index is 6.19. The number of hydrogen-bond acceptors (Lipinski definition) is 5. The van der Waals surface area contributed by atoms with Crippen LogP contribution in [0.25, 0.3) is 11.3 Å². The number of ether oxygens (including phenoxy) is 1. The number of aryl methyl sites for hydroxylation is 2. The molecule has 4 N–H and O–H groups in total. The molecule has 0 saturated heterocycles. The molecule has 21 heavy (non-hydrogen) atoms. The molecular formula is C14H22N6O. The van der Waals surface area contributed by atoms with Gasteiger partial charge in [-0.05, 0) is 19.8 Å². The number of nitrogens with zero attached hydrogens (tertiary/aromatic N) is 4. The summed E-state index contributed by atoms with van der Waals surface area (Å²) in [6.45, 7) is 1.92. The first kappa shape index (κ1) is 13.8. The SMILES string of the molecule is COc1c(-c2nc(C3CCCC3)n(N)c2N)c(C)nn1C. The minimum Gasteiger partial charge on any atom is -0.481 e. The van der Waals surface area contributed by atoms with Gasteiger partial charge in [-0.3, -0.25) is 0 Å². The van der Waals surface area contributed by atoms with Crippen LogP contribution < -0.4 is 16.3 Å². The van der Waals surface area contributed by atoms with Crippen molar-refractivity contribution in [1.82, 2.24) is 19.4 Å². The van der Waals surface area contributed by atoms with Gasteiger partial charge in [0.1, 0.15) is 11.5 Å². The van der Waals surface area contributed by atoms with Crippen LogP contribution >= 0.6 is 0 Å². The van der Waals surface area contributed by atoms with Crippen LogP contribution in [-0.2, 0) is 7.05 Å². The predicted octanol–water partition coefficient (Wildman–Crippen LogP) is 1.55. The normalized spacial score (nSPS) is 15.8. The van der Waals surface area contributed by atoms with E-state index in [0.29, 0.717) is 23.3 Å². The smallest absolute Gasteiger partial charge is 0.221 e. The summed E-state index contributed by atoms with van der Waals surface area (Å²) < 4.78 is 8.65. The van der Waals surface area contributed by atoms with Gasteiger partial charge in [-0.25, -0.2) is 14.3 Å². The Morgan fingerprint density at radius 1 is 1.29 bits per heavy atom. The van der Waals surface area contributed by atoms with E-state index in [1.807, 2.05) is 14.0 Å². The molecule has 1 saturated carbocycles. The Kier molecular flexibility index (Phi) is 3.27.